The van der Waals surface area contributed by atoms with E-state index in [0.29, 0.717) is 0 Å². The average Bonchev–Trinajstić information content (AvgIpc) is 1.56. The van der Waals surface area contributed by atoms with Crippen molar-refractivity contribution < 1.29 is 0 Å². The van der Waals surface area contributed by atoms with Crippen molar-refractivity contribution in [1.29, 1.82) is 0 Å². The fourth-order valence-corrected chi connectivity index (χ4v) is 39.6. The van der Waals surface area contributed by atoms with Crippen LogP contribution in [0.4, 0.5) is 0 Å². The molecule has 14 aromatic carbocycles. The Morgan fingerprint density at radius 1 is 0.211 bits per heavy atom. The summed E-state index contributed by atoms with van der Waals surface area (Å²) in [5.74, 6) is 0. The lowest BCUT2D eigenvalue weighted by Gasteiger charge is -2.01. The number of unbranched alkanes of at least 4 members (excludes halogenated alkanes) is 2. The van der Waals surface area contributed by atoms with E-state index in [1.165, 1.54) is 249 Å². The molecule has 0 amide bonds. The zero-order valence-corrected chi connectivity index (χ0v) is 79.3. The van der Waals surface area contributed by atoms with Gasteiger partial charge in [0.1, 0.15) is 9.40 Å². The number of benzene rings is 14. The van der Waals surface area contributed by atoms with E-state index in [9.17, 15) is 0 Å². The maximum atomic E-state index is 2.52. The van der Waals surface area contributed by atoms with Crippen LogP contribution >= 0.6 is 144 Å². The van der Waals surface area contributed by atoms with E-state index >= 15 is 0 Å². The molecule has 0 saturated heterocycles. The minimum absolute atomic E-state index is 0. The van der Waals surface area contributed by atoms with Gasteiger partial charge in [0.25, 0.3) is 0 Å². The Labute approximate surface area is 762 Å². The quantitative estimate of drug-likeness (QED) is 0.0946. The van der Waals surface area contributed by atoms with Crippen LogP contribution in [0.5, 0.6) is 0 Å². The summed E-state index contributed by atoms with van der Waals surface area (Å²) in [6, 6.07) is 114. The normalized spacial score (nSPS) is 12.2. The molecule has 0 aliphatic rings. The van der Waals surface area contributed by atoms with Gasteiger partial charge in [-0.15, -0.1) is 102 Å². The number of rotatable bonds is 10. The SMILES string of the molecule is CCCCc1cc2c(ccc3c2sc2c4ccc5sc(CCCC)cc5c4[s+](-c4ccccc4)c32)s1.[CH3-].[CH3-].[CH3-].[CH3-].c1ccc(-[s+]2c3c(ccc4ccsc43)c3sc4c(ccc5ccsc54)c32)cc1.c1ccc(-[s+]2c3c4ccsc4ccc3c3ccc4sccc4c32)cc1.c1ccc(-[s+]2c3ccccc3c3ccc4c(ccc5c6ccccc6sc54)c32)cc1. The molecule has 0 N–H and O–H groups in total. The molecule has 602 valence electrons. The summed E-state index contributed by atoms with van der Waals surface area (Å²) >= 11 is 17.4. The monoisotopic (exact) mass is 1820 g/mol. The summed E-state index contributed by atoms with van der Waals surface area (Å²) in [5.41, 5.74) is 0. The molecule has 27 rings (SSSR count). The first-order valence-electron chi connectivity index (χ1n) is 40.6. The number of fused-ring (bicyclic) bond motifs is 34. The van der Waals surface area contributed by atoms with Crippen LogP contribution in [0, 0.1) is 29.7 Å². The van der Waals surface area contributed by atoms with Gasteiger partial charge >= 0.3 is 0 Å². The molecule has 13 heterocycles. The molecular weight excluding hydrogens is 1740 g/mol. The van der Waals surface area contributed by atoms with Crippen molar-refractivity contribution in [3.05, 3.63) is 364 Å². The number of aryl methyl sites for hydroxylation is 2. The molecule has 0 bridgehead atoms. The molecule has 0 aliphatic heterocycles. The third kappa shape index (κ3) is 13.3. The van der Waals surface area contributed by atoms with Crippen molar-refractivity contribution in [2.24, 2.45) is 0 Å². The maximum Gasteiger partial charge on any atom is 0.206 e. The van der Waals surface area contributed by atoms with E-state index in [0.717, 1.165) is 0 Å². The lowest BCUT2D eigenvalue weighted by Crippen LogP contribution is -1.76. The van der Waals surface area contributed by atoms with Crippen molar-refractivity contribution in [2.45, 2.75) is 52.4 Å². The molecular formula is C110H84S13. The molecule has 3 unspecified atom stereocenters. The lowest BCUT2D eigenvalue weighted by atomic mass is 10.0. The fraction of sp³-hybridized carbons (Fsp3) is 0.0727. The van der Waals surface area contributed by atoms with Crippen molar-refractivity contribution in [1.82, 2.24) is 0 Å². The molecule has 27 aromatic rings. The van der Waals surface area contributed by atoms with Gasteiger partial charge in [-0.05, 0) is 234 Å². The third-order valence-electron chi connectivity index (χ3n) is 23.6. The first-order chi connectivity index (χ1) is 59.0. The maximum absolute atomic E-state index is 2.52. The first-order valence-corrected chi connectivity index (χ1v) is 53.1. The molecule has 0 spiro atoms. The standard InChI is InChI=1S/C32H29S4.C28H17S2.C24H13S4.C22H13S3.4CH3/c1-3-5-10-20-18-25-27(33-20)16-14-23-29(25)35-30-24-15-17-28-26(19-21(34-28)11-6-4-2)31(24)36(32(23)30)22-12-8-7-9-13-22;1-2-8-18(9-3-1)30-26-13-7-5-11-20(26)23-16-15-22-24(28(23)30)17-14-21-19-10-4-6-12-25(19)29-27(21)22;1-2-4-16(5-3-1)28-23-18(9-7-15-11-13-26-20(15)23)22-24(28)17-8-6-14-10-12-25-19(14)21(17)27-22;1-2-4-14(5-3-1)25-21-15(6-8-19-17(21)10-12-23-19)16-7-9-20-18(22(16)25)11-13-24-20;;;;/h7-9,12-19H,3-6,10-11H2,1-2H3;1-17H;1-13H;1-13H;4*1H3/q4*+1;4*-1. The van der Waals surface area contributed by atoms with E-state index in [1.54, 1.807) is 9.40 Å². The number of hydrogen-bond acceptors (Lipinski definition) is 9. The van der Waals surface area contributed by atoms with Gasteiger partial charge in [0.2, 0.25) is 14.1 Å². The molecule has 0 saturated carbocycles. The Hall–Kier alpha value is -9.88. The lowest BCUT2D eigenvalue weighted by molar-refractivity contribution is 0.804. The van der Waals surface area contributed by atoms with E-state index in [4.69, 9.17) is 0 Å². The number of hydrogen-bond donors (Lipinski definition) is 0. The Kier molecular flexibility index (Phi) is 22.2. The van der Waals surface area contributed by atoms with Gasteiger partial charge in [-0.25, -0.2) is 0 Å². The summed E-state index contributed by atoms with van der Waals surface area (Å²) in [5, 5.41) is 34.4. The minimum atomic E-state index is -0.0714. The Morgan fingerprint density at radius 3 is 1.15 bits per heavy atom. The minimum Gasteiger partial charge on any atom is -0.358 e. The highest BCUT2D eigenvalue weighted by molar-refractivity contribution is 7.56. The van der Waals surface area contributed by atoms with E-state index in [2.05, 4.69) is 339 Å². The van der Waals surface area contributed by atoms with Crippen LogP contribution in [0.25, 0.3) is 211 Å². The summed E-state index contributed by atoms with van der Waals surface area (Å²) in [6.07, 6.45) is 7.46. The van der Waals surface area contributed by atoms with Crippen molar-refractivity contribution in [2.75, 3.05) is 0 Å². The summed E-state index contributed by atoms with van der Waals surface area (Å²) in [6.45, 7) is 4.58. The predicted octanol–water partition coefficient (Wildman–Crippen LogP) is 40.7. The molecule has 13 aromatic heterocycles. The topological polar surface area (TPSA) is 0 Å². The smallest absolute Gasteiger partial charge is 0.206 e. The molecule has 13 heteroatoms. The van der Waals surface area contributed by atoms with Crippen LogP contribution in [-0.2, 0) is 12.8 Å². The largest absolute Gasteiger partial charge is 0.358 e. The molecule has 3 atom stereocenters. The van der Waals surface area contributed by atoms with E-state index in [1.807, 2.05) is 102 Å². The van der Waals surface area contributed by atoms with Crippen LogP contribution in [0.15, 0.2) is 325 Å². The van der Waals surface area contributed by atoms with Gasteiger partial charge in [0.15, 0.2) is 43.1 Å². The molecule has 123 heavy (non-hydrogen) atoms. The Bertz CT molecular complexity index is 8540. The van der Waals surface area contributed by atoms with Crippen molar-refractivity contribution >= 4 is 335 Å². The zero-order chi connectivity index (χ0) is 78.5. The van der Waals surface area contributed by atoms with Gasteiger partial charge < -0.3 is 29.7 Å². The van der Waals surface area contributed by atoms with Gasteiger partial charge in [0.05, 0.1) is 51.8 Å². The molecule has 0 fully saturated rings. The Balaban J connectivity index is 0.000000104. The second-order valence-corrected chi connectivity index (χ2v) is 47.3. The van der Waals surface area contributed by atoms with E-state index < -0.39 is 0 Å². The highest BCUT2D eigenvalue weighted by Gasteiger charge is 2.35. The summed E-state index contributed by atoms with van der Waals surface area (Å²) in [7, 11) is -0.218. The van der Waals surface area contributed by atoms with Gasteiger partial charge in [-0.1, -0.05) is 154 Å². The molecule has 0 radical (unpaired) electrons. The summed E-state index contributed by atoms with van der Waals surface area (Å²) < 4.78 is 29.4. The van der Waals surface area contributed by atoms with Crippen molar-refractivity contribution in [3.63, 3.8) is 0 Å². The van der Waals surface area contributed by atoms with Gasteiger partial charge in [-0.3, -0.25) is 0 Å². The van der Waals surface area contributed by atoms with Crippen molar-refractivity contribution in [3.8, 4) is 19.6 Å². The molecule has 0 nitrogen and oxygen atoms in total. The van der Waals surface area contributed by atoms with Crippen LogP contribution < -0.4 is 0 Å². The van der Waals surface area contributed by atoms with Crippen LogP contribution in [0.3, 0.4) is 0 Å². The predicted molar refractivity (Wildman–Crippen MR) is 577 cm³/mol. The fourth-order valence-electron chi connectivity index (χ4n) is 18.2. The molecule has 0 aliphatic carbocycles. The van der Waals surface area contributed by atoms with Gasteiger partial charge in [0, 0.05) is 133 Å². The first kappa shape index (κ1) is 81.5. The van der Waals surface area contributed by atoms with Crippen LogP contribution in [0.2, 0.25) is 0 Å². The highest BCUT2D eigenvalue weighted by atomic mass is 32.2. The second-order valence-electron chi connectivity index (χ2n) is 30.5. The van der Waals surface area contributed by atoms with Crippen LogP contribution in [-0.4, -0.2) is 0 Å². The third-order valence-corrected chi connectivity index (χ3v) is 43.5. The highest BCUT2D eigenvalue weighted by Crippen LogP contribution is 2.61. The number of thiophene rings is 13. The zero-order valence-electron chi connectivity index (χ0n) is 68.7. The van der Waals surface area contributed by atoms with E-state index in [-0.39, 0.29) is 71.6 Å². The Morgan fingerprint density at radius 2 is 0.569 bits per heavy atom. The van der Waals surface area contributed by atoms with Crippen LogP contribution in [0.1, 0.15) is 49.3 Å². The van der Waals surface area contributed by atoms with Gasteiger partial charge in [-0.2, -0.15) is 0 Å². The second kappa shape index (κ2) is 33.6. The average molecular weight is 1820 g/mol. The summed E-state index contributed by atoms with van der Waals surface area (Å²) in [4.78, 5) is 8.76.